The number of nitrogens with zero attached hydrogens (tertiary/aromatic N) is 1. The summed E-state index contributed by atoms with van der Waals surface area (Å²) in [5, 5.41) is 4.57. The van der Waals surface area contributed by atoms with E-state index in [0.717, 1.165) is 5.56 Å². The van der Waals surface area contributed by atoms with Crippen LogP contribution in [0, 0.1) is 6.92 Å². The van der Waals surface area contributed by atoms with E-state index in [0.29, 0.717) is 27.3 Å². The Morgan fingerprint density at radius 1 is 1.07 bits per heavy atom. The molecule has 0 radical (unpaired) electrons. The van der Waals surface area contributed by atoms with Crippen molar-refractivity contribution < 1.29 is 17.6 Å². The molecule has 0 bridgehead atoms. The average Bonchev–Trinajstić information content (AvgIpc) is 3.11. The molecule has 0 amide bonds. The number of hydrogen-bond acceptors (Lipinski definition) is 5. The fraction of sp³-hybridized carbons (Fsp3) is 0.105. The molecule has 1 heterocycles. The summed E-state index contributed by atoms with van der Waals surface area (Å²) in [7, 11) is -3.73. The minimum Gasteiger partial charge on any atom is -0.486 e. The van der Waals surface area contributed by atoms with E-state index < -0.39 is 10.0 Å². The van der Waals surface area contributed by atoms with E-state index >= 15 is 0 Å². The monoisotopic (exact) mass is 438 g/mol. The fourth-order valence-electron chi connectivity index (χ4n) is 2.19. The van der Waals surface area contributed by atoms with Crippen molar-refractivity contribution in [2.45, 2.75) is 18.4 Å². The Bertz CT molecular complexity index is 1090. The van der Waals surface area contributed by atoms with Crippen LogP contribution in [0.25, 0.3) is 0 Å². The molecule has 0 aliphatic carbocycles. The third-order valence-electron chi connectivity index (χ3n) is 3.65. The molecule has 6 nitrogen and oxygen atoms in total. The second kappa shape index (κ2) is 8.68. The highest BCUT2D eigenvalue weighted by molar-refractivity contribution is 7.89. The zero-order valence-corrected chi connectivity index (χ0v) is 17.1. The lowest BCUT2D eigenvalue weighted by Gasteiger charge is -2.05. The highest BCUT2D eigenvalue weighted by Gasteiger charge is 2.12. The lowest BCUT2D eigenvalue weighted by molar-refractivity contribution is 0.270. The van der Waals surface area contributed by atoms with Gasteiger partial charge in [-0.2, -0.15) is 18.4 Å². The standard InChI is InChI=1S/C19H16Cl2N2O4S/c1-13-2-7-17(8-3-13)28(24,25)23-22-11-15-4-5-16(27-15)12-26-14-6-9-18(20)19(21)10-14/h2-11,23H,12H2,1H3/b22-11-. The van der Waals surface area contributed by atoms with Gasteiger partial charge in [0.1, 0.15) is 23.9 Å². The van der Waals surface area contributed by atoms with E-state index in [1.807, 2.05) is 6.92 Å². The van der Waals surface area contributed by atoms with E-state index in [1.165, 1.54) is 18.3 Å². The summed E-state index contributed by atoms with van der Waals surface area (Å²) >= 11 is 11.8. The van der Waals surface area contributed by atoms with Gasteiger partial charge in [0.05, 0.1) is 21.2 Å². The predicted molar refractivity (Wildman–Crippen MR) is 109 cm³/mol. The number of aryl methyl sites for hydroxylation is 1. The third-order valence-corrected chi connectivity index (χ3v) is 5.63. The van der Waals surface area contributed by atoms with Gasteiger partial charge in [0.15, 0.2) is 0 Å². The number of hydrogen-bond donors (Lipinski definition) is 1. The average molecular weight is 439 g/mol. The molecule has 0 atom stereocenters. The van der Waals surface area contributed by atoms with Crippen LogP contribution in [0.1, 0.15) is 17.1 Å². The largest absolute Gasteiger partial charge is 0.486 e. The molecule has 2 aromatic carbocycles. The third kappa shape index (κ3) is 5.28. The van der Waals surface area contributed by atoms with Crippen LogP contribution in [-0.2, 0) is 16.6 Å². The van der Waals surface area contributed by atoms with Crippen molar-refractivity contribution in [3.8, 4) is 5.75 Å². The Balaban J connectivity index is 1.57. The first-order valence-electron chi connectivity index (χ1n) is 8.11. The minimum absolute atomic E-state index is 0.130. The van der Waals surface area contributed by atoms with Crippen molar-refractivity contribution in [3.63, 3.8) is 0 Å². The molecule has 3 rings (SSSR count). The maximum absolute atomic E-state index is 12.2. The summed E-state index contributed by atoms with van der Waals surface area (Å²) in [5.74, 6) is 1.46. The van der Waals surface area contributed by atoms with Gasteiger partial charge < -0.3 is 9.15 Å². The van der Waals surface area contributed by atoms with Gasteiger partial charge in [-0.1, -0.05) is 40.9 Å². The molecule has 1 aromatic heterocycles. The summed E-state index contributed by atoms with van der Waals surface area (Å²) in [6.07, 6.45) is 1.27. The highest BCUT2D eigenvalue weighted by atomic mass is 35.5. The van der Waals surface area contributed by atoms with Crippen molar-refractivity contribution in [2.75, 3.05) is 0 Å². The van der Waals surface area contributed by atoms with Gasteiger partial charge in [-0.3, -0.25) is 0 Å². The van der Waals surface area contributed by atoms with Crippen molar-refractivity contribution in [3.05, 3.63) is 81.7 Å². The quantitative estimate of drug-likeness (QED) is 0.424. The van der Waals surface area contributed by atoms with E-state index in [-0.39, 0.29) is 11.5 Å². The maximum atomic E-state index is 12.2. The topological polar surface area (TPSA) is 80.9 Å². The number of furan rings is 1. The van der Waals surface area contributed by atoms with Crippen LogP contribution in [0.15, 0.2) is 69.0 Å². The minimum atomic E-state index is -3.73. The van der Waals surface area contributed by atoms with Crippen LogP contribution in [0.3, 0.4) is 0 Å². The fourth-order valence-corrected chi connectivity index (χ4v) is 3.27. The van der Waals surface area contributed by atoms with Crippen LogP contribution in [0.5, 0.6) is 5.75 Å². The maximum Gasteiger partial charge on any atom is 0.276 e. The van der Waals surface area contributed by atoms with Gasteiger partial charge in [0.25, 0.3) is 10.0 Å². The van der Waals surface area contributed by atoms with Crippen LogP contribution >= 0.6 is 23.2 Å². The summed E-state index contributed by atoms with van der Waals surface area (Å²) in [6.45, 7) is 2.04. The van der Waals surface area contributed by atoms with Gasteiger partial charge in [0.2, 0.25) is 0 Å². The first kappa shape index (κ1) is 20.3. The van der Waals surface area contributed by atoms with Crippen LogP contribution < -0.4 is 9.57 Å². The number of ether oxygens (including phenoxy) is 1. The van der Waals surface area contributed by atoms with Crippen molar-refractivity contribution in [1.82, 2.24) is 4.83 Å². The Hall–Kier alpha value is -2.48. The lowest BCUT2D eigenvalue weighted by Crippen LogP contribution is -2.18. The van der Waals surface area contributed by atoms with Gasteiger partial charge in [0, 0.05) is 6.07 Å². The highest BCUT2D eigenvalue weighted by Crippen LogP contribution is 2.26. The van der Waals surface area contributed by atoms with Crippen molar-refractivity contribution >= 4 is 39.4 Å². The van der Waals surface area contributed by atoms with Gasteiger partial charge in [-0.05, 0) is 43.3 Å². The lowest BCUT2D eigenvalue weighted by atomic mass is 10.2. The molecule has 0 spiro atoms. The number of sulfonamides is 1. The molecule has 0 saturated carbocycles. The number of rotatable bonds is 7. The smallest absolute Gasteiger partial charge is 0.276 e. The summed E-state index contributed by atoms with van der Waals surface area (Å²) in [4.78, 5) is 2.28. The second-order valence-electron chi connectivity index (χ2n) is 5.83. The SMILES string of the molecule is Cc1ccc(S(=O)(=O)N/N=C\c2ccc(COc3ccc(Cl)c(Cl)c3)o2)cc1. The first-order valence-corrected chi connectivity index (χ1v) is 10.4. The Kier molecular flexibility index (Phi) is 6.28. The zero-order chi connectivity index (χ0) is 20.1. The molecule has 3 aromatic rings. The van der Waals surface area contributed by atoms with Crippen LogP contribution in [0.4, 0.5) is 0 Å². The Morgan fingerprint density at radius 2 is 1.82 bits per heavy atom. The molecule has 28 heavy (non-hydrogen) atoms. The van der Waals surface area contributed by atoms with Crippen LogP contribution in [-0.4, -0.2) is 14.6 Å². The van der Waals surface area contributed by atoms with E-state index in [4.69, 9.17) is 32.4 Å². The molecule has 0 saturated heterocycles. The van der Waals surface area contributed by atoms with Crippen molar-refractivity contribution in [2.24, 2.45) is 5.10 Å². The Labute approximate surface area is 172 Å². The van der Waals surface area contributed by atoms with E-state index in [1.54, 1.807) is 42.5 Å². The second-order valence-corrected chi connectivity index (χ2v) is 8.31. The van der Waals surface area contributed by atoms with Crippen LogP contribution in [0.2, 0.25) is 10.0 Å². The van der Waals surface area contributed by atoms with Gasteiger partial charge in [-0.25, -0.2) is 0 Å². The normalized spacial score (nSPS) is 11.7. The summed E-state index contributed by atoms with van der Waals surface area (Å²) < 4.78 is 35.4. The Morgan fingerprint density at radius 3 is 2.54 bits per heavy atom. The molecule has 0 fully saturated rings. The number of benzene rings is 2. The first-order chi connectivity index (χ1) is 13.3. The molecular weight excluding hydrogens is 423 g/mol. The van der Waals surface area contributed by atoms with E-state index in [9.17, 15) is 8.42 Å². The zero-order valence-electron chi connectivity index (χ0n) is 14.7. The predicted octanol–water partition coefficient (Wildman–Crippen LogP) is 4.79. The molecule has 146 valence electrons. The molecule has 0 aliphatic rings. The molecular formula is C19H16Cl2N2O4S. The van der Waals surface area contributed by atoms with Gasteiger partial charge in [-0.15, -0.1) is 0 Å². The number of halogens is 2. The summed E-state index contributed by atoms with van der Waals surface area (Å²) in [6, 6.07) is 14.7. The van der Waals surface area contributed by atoms with Gasteiger partial charge >= 0.3 is 0 Å². The molecule has 0 unspecified atom stereocenters. The number of nitrogens with one attached hydrogen (secondary N) is 1. The number of hydrazone groups is 1. The molecule has 9 heteroatoms. The van der Waals surface area contributed by atoms with E-state index in [2.05, 4.69) is 9.93 Å². The summed E-state index contributed by atoms with van der Waals surface area (Å²) in [5.41, 5.74) is 0.966. The van der Waals surface area contributed by atoms with Crippen molar-refractivity contribution in [1.29, 1.82) is 0 Å². The molecule has 1 N–H and O–H groups in total. The molecule has 0 aliphatic heterocycles.